The van der Waals surface area contributed by atoms with Crippen molar-refractivity contribution in [3.63, 3.8) is 0 Å². The number of nitrogens with zero attached hydrogens (tertiary/aromatic N) is 2. The summed E-state index contributed by atoms with van der Waals surface area (Å²) < 4.78 is 1.57. The maximum Gasteiger partial charge on any atom is 0.309 e. The number of hydrogen-bond donors (Lipinski definition) is 1. The molecule has 1 N–H and O–H groups in total. The lowest BCUT2D eigenvalue weighted by Gasteiger charge is -2.04. The zero-order valence-electron chi connectivity index (χ0n) is 9.22. The molecule has 2 aromatic rings. The first kappa shape index (κ1) is 11.7. The molecule has 0 aliphatic heterocycles. The summed E-state index contributed by atoms with van der Waals surface area (Å²) >= 11 is 5.92. The summed E-state index contributed by atoms with van der Waals surface area (Å²) in [4.78, 5) is 10.8. The van der Waals surface area contributed by atoms with Gasteiger partial charge in [0.05, 0.1) is 18.3 Å². The minimum absolute atomic E-state index is 0.0572. The molecule has 1 aromatic heterocycles. The van der Waals surface area contributed by atoms with Crippen molar-refractivity contribution >= 4 is 17.6 Å². The van der Waals surface area contributed by atoms with E-state index >= 15 is 0 Å². The minimum Gasteiger partial charge on any atom is -0.481 e. The van der Waals surface area contributed by atoms with Gasteiger partial charge in [-0.3, -0.25) is 9.48 Å². The first-order valence-corrected chi connectivity index (χ1v) is 5.44. The van der Waals surface area contributed by atoms with Crippen molar-refractivity contribution in [3.05, 3.63) is 41.2 Å². The number of carbonyl (C=O) groups is 1. The van der Waals surface area contributed by atoms with Gasteiger partial charge in [0, 0.05) is 17.6 Å². The third-order valence-electron chi connectivity index (χ3n) is 2.52. The predicted molar refractivity (Wildman–Crippen MR) is 65.0 cm³/mol. The van der Waals surface area contributed by atoms with Gasteiger partial charge in [0.1, 0.15) is 0 Å². The molecule has 5 heteroatoms. The van der Waals surface area contributed by atoms with Crippen LogP contribution < -0.4 is 0 Å². The van der Waals surface area contributed by atoms with Gasteiger partial charge in [-0.15, -0.1) is 0 Å². The molecule has 0 atom stereocenters. The average Bonchev–Trinajstić information content (AvgIpc) is 2.60. The van der Waals surface area contributed by atoms with E-state index in [0.29, 0.717) is 10.7 Å². The highest BCUT2D eigenvalue weighted by molar-refractivity contribution is 6.30. The van der Waals surface area contributed by atoms with Crippen molar-refractivity contribution in [1.29, 1.82) is 0 Å². The zero-order valence-corrected chi connectivity index (χ0v) is 9.98. The molecule has 0 aliphatic rings. The lowest BCUT2D eigenvalue weighted by atomic mass is 10.1. The topological polar surface area (TPSA) is 55.1 Å². The third-order valence-corrected chi connectivity index (χ3v) is 2.75. The van der Waals surface area contributed by atoms with Crippen molar-refractivity contribution in [2.45, 2.75) is 6.42 Å². The van der Waals surface area contributed by atoms with Crippen LogP contribution >= 0.6 is 11.6 Å². The number of aryl methyl sites for hydroxylation is 1. The summed E-state index contributed by atoms with van der Waals surface area (Å²) in [6, 6.07) is 7.28. The van der Waals surface area contributed by atoms with Crippen LogP contribution in [-0.2, 0) is 18.3 Å². The number of benzene rings is 1. The predicted octanol–water partition coefficient (Wildman–Crippen LogP) is 2.37. The molecule has 0 spiro atoms. The minimum atomic E-state index is -0.878. The normalized spacial score (nSPS) is 10.5. The smallest absolute Gasteiger partial charge is 0.309 e. The molecule has 2 rings (SSSR count). The fourth-order valence-corrected chi connectivity index (χ4v) is 1.90. The molecule has 4 nitrogen and oxygen atoms in total. The highest BCUT2D eigenvalue weighted by Crippen LogP contribution is 2.26. The average molecular weight is 251 g/mol. The molecule has 0 saturated carbocycles. The monoisotopic (exact) mass is 250 g/mol. The second kappa shape index (κ2) is 4.59. The molecule has 0 aliphatic carbocycles. The molecule has 88 valence electrons. The Kier molecular flexibility index (Phi) is 3.15. The molecule has 0 bridgehead atoms. The zero-order chi connectivity index (χ0) is 12.4. The van der Waals surface area contributed by atoms with Crippen LogP contribution in [0.1, 0.15) is 5.69 Å². The van der Waals surface area contributed by atoms with Crippen LogP contribution in [0.4, 0.5) is 0 Å². The van der Waals surface area contributed by atoms with Gasteiger partial charge in [0.2, 0.25) is 0 Å². The lowest BCUT2D eigenvalue weighted by Crippen LogP contribution is -2.07. The van der Waals surface area contributed by atoms with E-state index in [0.717, 1.165) is 11.1 Å². The van der Waals surface area contributed by atoms with Crippen LogP contribution in [0.25, 0.3) is 11.1 Å². The van der Waals surface area contributed by atoms with Crippen molar-refractivity contribution in [3.8, 4) is 11.1 Å². The number of carboxylic acid groups (broad SMARTS) is 1. The SMILES string of the molecule is Cn1ncc(-c2cccc(Cl)c2)c1CC(=O)O. The summed E-state index contributed by atoms with van der Waals surface area (Å²) in [6.07, 6.45) is 1.60. The lowest BCUT2D eigenvalue weighted by molar-refractivity contribution is -0.136. The van der Waals surface area contributed by atoms with Crippen LogP contribution in [0.3, 0.4) is 0 Å². The van der Waals surface area contributed by atoms with E-state index < -0.39 is 5.97 Å². The first-order chi connectivity index (χ1) is 8.08. The first-order valence-electron chi connectivity index (χ1n) is 5.06. The summed E-state index contributed by atoms with van der Waals surface area (Å²) in [7, 11) is 1.73. The molecule has 0 fully saturated rings. The summed E-state index contributed by atoms with van der Waals surface area (Å²) in [6.45, 7) is 0. The molecular formula is C12H11ClN2O2. The summed E-state index contributed by atoms with van der Waals surface area (Å²) in [5.74, 6) is -0.878. The van der Waals surface area contributed by atoms with Gasteiger partial charge < -0.3 is 5.11 Å². The maximum atomic E-state index is 10.8. The van der Waals surface area contributed by atoms with E-state index in [1.54, 1.807) is 30.1 Å². The van der Waals surface area contributed by atoms with Gasteiger partial charge in [0.25, 0.3) is 0 Å². The van der Waals surface area contributed by atoms with E-state index in [4.69, 9.17) is 16.7 Å². The molecular weight excluding hydrogens is 240 g/mol. The highest BCUT2D eigenvalue weighted by atomic mass is 35.5. The number of aliphatic carboxylic acids is 1. The Morgan fingerprint density at radius 3 is 2.94 bits per heavy atom. The van der Waals surface area contributed by atoms with Gasteiger partial charge in [-0.2, -0.15) is 5.10 Å². The number of halogens is 1. The van der Waals surface area contributed by atoms with E-state index in [-0.39, 0.29) is 6.42 Å². The van der Waals surface area contributed by atoms with Gasteiger partial charge >= 0.3 is 5.97 Å². The van der Waals surface area contributed by atoms with Gasteiger partial charge in [-0.05, 0) is 17.7 Å². The Morgan fingerprint density at radius 2 is 2.29 bits per heavy atom. The van der Waals surface area contributed by atoms with Crippen LogP contribution in [0.2, 0.25) is 5.02 Å². The molecule has 17 heavy (non-hydrogen) atoms. The fraction of sp³-hybridized carbons (Fsp3) is 0.167. The van der Waals surface area contributed by atoms with Crippen LogP contribution in [0.15, 0.2) is 30.5 Å². The van der Waals surface area contributed by atoms with Crippen molar-refractivity contribution in [1.82, 2.24) is 9.78 Å². The Balaban J connectivity index is 2.48. The molecule has 0 unspecified atom stereocenters. The number of rotatable bonds is 3. The molecule has 0 saturated heterocycles. The van der Waals surface area contributed by atoms with E-state index in [1.807, 2.05) is 12.1 Å². The van der Waals surface area contributed by atoms with Gasteiger partial charge in [-0.1, -0.05) is 23.7 Å². The summed E-state index contributed by atoms with van der Waals surface area (Å²) in [5.41, 5.74) is 2.35. The number of aromatic nitrogens is 2. The van der Waals surface area contributed by atoms with Crippen LogP contribution in [0.5, 0.6) is 0 Å². The Bertz CT molecular complexity index is 563. The summed E-state index contributed by atoms with van der Waals surface area (Å²) in [5, 5.41) is 13.6. The standard InChI is InChI=1S/C12H11ClN2O2/c1-15-11(6-12(16)17)10(7-14-15)8-3-2-4-9(13)5-8/h2-5,7H,6H2,1H3,(H,16,17). The number of carboxylic acids is 1. The van der Waals surface area contributed by atoms with E-state index in [9.17, 15) is 4.79 Å². The van der Waals surface area contributed by atoms with Gasteiger partial charge in [-0.25, -0.2) is 0 Å². The second-order valence-electron chi connectivity index (χ2n) is 3.71. The van der Waals surface area contributed by atoms with Crippen molar-refractivity contribution < 1.29 is 9.90 Å². The third kappa shape index (κ3) is 2.47. The maximum absolute atomic E-state index is 10.8. The molecule has 0 amide bonds. The fourth-order valence-electron chi connectivity index (χ4n) is 1.71. The van der Waals surface area contributed by atoms with Crippen LogP contribution in [-0.4, -0.2) is 20.9 Å². The molecule has 1 aromatic carbocycles. The van der Waals surface area contributed by atoms with Crippen molar-refractivity contribution in [2.75, 3.05) is 0 Å². The van der Waals surface area contributed by atoms with E-state index in [2.05, 4.69) is 5.10 Å². The molecule has 1 heterocycles. The van der Waals surface area contributed by atoms with Gasteiger partial charge in [0.15, 0.2) is 0 Å². The Labute approximate surface area is 103 Å². The number of hydrogen-bond acceptors (Lipinski definition) is 2. The van der Waals surface area contributed by atoms with Crippen LogP contribution in [0, 0.1) is 0 Å². The Hall–Kier alpha value is -1.81. The molecule has 0 radical (unpaired) electrons. The Morgan fingerprint density at radius 1 is 1.53 bits per heavy atom. The quantitative estimate of drug-likeness (QED) is 0.910. The largest absolute Gasteiger partial charge is 0.481 e. The van der Waals surface area contributed by atoms with E-state index in [1.165, 1.54) is 0 Å². The second-order valence-corrected chi connectivity index (χ2v) is 4.15. The highest BCUT2D eigenvalue weighted by Gasteiger charge is 2.13. The van der Waals surface area contributed by atoms with Crippen molar-refractivity contribution in [2.24, 2.45) is 7.05 Å².